The number of hydrogen-bond acceptors (Lipinski definition) is 1. The summed E-state index contributed by atoms with van der Waals surface area (Å²) in [5.74, 6) is 1.32. The minimum atomic E-state index is 0.335. The second-order valence-electron chi connectivity index (χ2n) is 7.23. The molecule has 1 fully saturated rings. The summed E-state index contributed by atoms with van der Waals surface area (Å²) < 4.78 is 6.04. The third-order valence-electron chi connectivity index (χ3n) is 3.90. The Kier molecular flexibility index (Phi) is 2.31. The second-order valence-corrected chi connectivity index (χ2v) is 7.23. The Morgan fingerprint density at radius 1 is 0.733 bits per heavy atom. The summed E-state index contributed by atoms with van der Waals surface area (Å²) in [7, 11) is 0. The van der Waals surface area contributed by atoms with Crippen molar-refractivity contribution < 1.29 is 4.74 Å². The van der Waals surface area contributed by atoms with E-state index < -0.39 is 0 Å². The molecule has 1 heteroatoms. The third kappa shape index (κ3) is 1.75. The molecule has 4 unspecified atom stereocenters. The van der Waals surface area contributed by atoms with E-state index in [4.69, 9.17) is 4.74 Å². The van der Waals surface area contributed by atoms with Crippen molar-refractivity contribution in [1.82, 2.24) is 0 Å². The molecule has 0 amide bonds. The molecule has 0 aromatic rings. The quantitative estimate of drug-likeness (QED) is 0.552. The lowest BCUT2D eigenvalue weighted by Crippen LogP contribution is -2.41. The Bertz CT molecular complexity index is 249. The van der Waals surface area contributed by atoms with Gasteiger partial charge in [-0.25, -0.2) is 0 Å². The molecular weight excluding hydrogens is 184 g/mol. The highest BCUT2D eigenvalue weighted by atomic mass is 16.5. The van der Waals surface area contributed by atoms with Gasteiger partial charge < -0.3 is 4.74 Å². The van der Waals surface area contributed by atoms with Crippen molar-refractivity contribution >= 4 is 0 Å². The molecule has 1 saturated heterocycles. The van der Waals surface area contributed by atoms with Gasteiger partial charge >= 0.3 is 0 Å². The summed E-state index contributed by atoms with van der Waals surface area (Å²) in [6.45, 7) is 14.0. The van der Waals surface area contributed by atoms with Crippen molar-refractivity contribution in [3.05, 3.63) is 12.2 Å². The summed E-state index contributed by atoms with van der Waals surface area (Å²) in [4.78, 5) is 0. The van der Waals surface area contributed by atoms with E-state index in [1.165, 1.54) is 0 Å². The smallest absolute Gasteiger partial charge is 0.0802 e. The molecule has 0 N–H and O–H groups in total. The average Bonchev–Trinajstić information content (AvgIpc) is 2.56. The van der Waals surface area contributed by atoms with Crippen molar-refractivity contribution in [3.8, 4) is 0 Å². The molecule has 0 spiro atoms. The Balaban J connectivity index is 2.33. The first-order valence-corrected chi connectivity index (χ1v) is 6.05. The van der Waals surface area contributed by atoms with Crippen molar-refractivity contribution in [2.24, 2.45) is 22.7 Å². The normalized spacial score (nSPS) is 40.1. The minimum Gasteiger partial charge on any atom is -0.366 e. The SMILES string of the molecule is CC(C)(C)C1C2C=CC(O2)C1C(C)(C)C. The molecule has 0 radical (unpaired) electrons. The Labute approximate surface area is 93.9 Å². The van der Waals surface area contributed by atoms with Gasteiger partial charge in [0.15, 0.2) is 0 Å². The maximum atomic E-state index is 6.04. The first kappa shape index (κ1) is 11.2. The molecule has 15 heavy (non-hydrogen) atoms. The standard InChI is InChI=1S/C14H24O/c1-13(2,3)11-9-7-8-10(15-9)12(11)14(4,5)6/h7-12H,1-6H3. The maximum absolute atomic E-state index is 6.04. The molecule has 2 bridgehead atoms. The lowest BCUT2D eigenvalue weighted by Gasteiger charge is -2.42. The molecule has 2 rings (SSSR count). The predicted molar refractivity (Wildman–Crippen MR) is 63.7 cm³/mol. The predicted octanol–water partition coefficient (Wildman–Crippen LogP) is 3.65. The van der Waals surface area contributed by atoms with E-state index in [0.717, 1.165) is 0 Å². The molecular formula is C14H24O. The lowest BCUT2D eigenvalue weighted by atomic mass is 9.60. The van der Waals surface area contributed by atoms with Crippen LogP contribution in [0.15, 0.2) is 12.2 Å². The summed E-state index contributed by atoms with van der Waals surface area (Å²) >= 11 is 0. The fourth-order valence-electron chi connectivity index (χ4n) is 3.37. The van der Waals surface area contributed by atoms with E-state index in [-0.39, 0.29) is 0 Å². The van der Waals surface area contributed by atoms with E-state index in [0.29, 0.717) is 34.9 Å². The van der Waals surface area contributed by atoms with Gasteiger partial charge in [-0.3, -0.25) is 0 Å². The fraction of sp³-hybridized carbons (Fsp3) is 0.857. The van der Waals surface area contributed by atoms with Gasteiger partial charge in [0.1, 0.15) is 0 Å². The minimum absolute atomic E-state index is 0.335. The molecule has 0 aliphatic carbocycles. The van der Waals surface area contributed by atoms with Crippen LogP contribution in [0, 0.1) is 22.7 Å². The van der Waals surface area contributed by atoms with Crippen molar-refractivity contribution in [3.63, 3.8) is 0 Å². The highest BCUT2D eigenvalue weighted by Gasteiger charge is 2.54. The molecule has 4 atom stereocenters. The van der Waals surface area contributed by atoms with Crippen LogP contribution in [0.4, 0.5) is 0 Å². The summed E-state index contributed by atoms with van der Waals surface area (Å²) in [5, 5.41) is 0. The molecule has 2 heterocycles. The summed E-state index contributed by atoms with van der Waals surface area (Å²) in [5.41, 5.74) is 0.671. The van der Waals surface area contributed by atoms with Crippen LogP contribution in [0.2, 0.25) is 0 Å². The van der Waals surface area contributed by atoms with Crippen LogP contribution in [0.1, 0.15) is 41.5 Å². The Morgan fingerprint density at radius 2 is 1.07 bits per heavy atom. The van der Waals surface area contributed by atoms with Gasteiger partial charge in [-0.1, -0.05) is 53.7 Å². The largest absolute Gasteiger partial charge is 0.366 e. The van der Waals surface area contributed by atoms with Crippen molar-refractivity contribution in [1.29, 1.82) is 0 Å². The zero-order valence-corrected chi connectivity index (χ0v) is 10.9. The zero-order valence-electron chi connectivity index (χ0n) is 10.9. The van der Waals surface area contributed by atoms with Gasteiger partial charge in [0.25, 0.3) is 0 Å². The van der Waals surface area contributed by atoms with E-state index >= 15 is 0 Å². The Hall–Kier alpha value is -0.300. The molecule has 1 nitrogen and oxygen atoms in total. The van der Waals surface area contributed by atoms with Gasteiger partial charge in [-0.2, -0.15) is 0 Å². The molecule has 2 aliphatic rings. The van der Waals surface area contributed by atoms with E-state index in [1.54, 1.807) is 0 Å². The topological polar surface area (TPSA) is 9.23 Å². The van der Waals surface area contributed by atoms with Crippen molar-refractivity contribution in [2.75, 3.05) is 0 Å². The van der Waals surface area contributed by atoms with E-state index in [2.05, 4.69) is 53.7 Å². The molecule has 0 aromatic carbocycles. The van der Waals surface area contributed by atoms with Gasteiger partial charge in [0.2, 0.25) is 0 Å². The number of fused-ring (bicyclic) bond motifs is 2. The van der Waals surface area contributed by atoms with Gasteiger partial charge in [-0.15, -0.1) is 0 Å². The summed E-state index contributed by atoms with van der Waals surface area (Å²) in [6.07, 6.45) is 5.25. The summed E-state index contributed by atoms with van der Waals surface area (Å²) in [6, 6.07) is 0. The van der Waals surface area contributed by atoms with Crippen molar-refractivity contribution in [2.45, 2.75) is 53.8 Å². The van der Waals surface area contributed by atoms with Crippen LogP contribution in [0.25, 0.3) is 0 Å². The first-order chi connectivity index (χ1) is 6.71. The Morgan fingerprint density at radius 3 is 1.33 bits per heavy atom. The molecule has 86 valence electrons. The zero-order chi connectivity index (χ0) is 11.4. The van der Waals surface area contributed by atoms with Crippen LogP contribution in [-0.2, 0) is 4.74 Å². The van der Waals surface area contributed by atoms with Gasteiger partial charge in [0, 0.05) is 0 Å². The monoisotopic (exact) mass is 208 g/mol. The van der Waals surface area contributed by atoms with E-state index in [9.17, 15) is 0 Å². The first-order valence-electron chi connectivity index (χ1n) is 6.05. The molecule has 0 saturated carbocycles. The van der Waals surface area contributed by atoms with Crippen LogP contribution < -0.4 is 0 Å². The highest BCUT2D eigenvalue weighted by Crippen LogP contribution is 2.53. The second kappa shape index (κ2) is 3.10. The van der Waals surface area contributed by atoms with E-state index in [1.807, 2.05) is 0 Å². The molecule has 2 aliphatic heterocycles. The van der Waals surface area contributed by atoms with Crippen LogP contribution in [0.3, 0.4) is 0 Å². The van der Waals surface area contributed by atoms with Crippen LogP contribution in [0.5, 0.6) is 0 Å². The number of ether oxygens (including phenoxy) is 1. The number of hydrogen-bond donors (Lipinski definition) is 0. The van der Waals surface area contributed by atoms with Gasteiger partial charge in [0.05, 0.1) is 12.2 Å². The van der Waals surface area contributed by atoms with Crippen LogP contribution in [-0.4, -0.2) is 12.2 Å². The highest BCUT2D eigenvalue weighted by molar-refractivity contribution is 5.18. The van der Waals surface area contributed by atoms with Crippen LogP contribution >= 0.6 is 0 Å². The fourth-order valence-corrected chi connectivity index (χ4v) is 3.37. The lowest BCUT2D eigenvalue weighted by molar-refractivity contribution is 0.0846. The maximum Gasteiger partial charge on any atom is 0.0802 e. The molecule has 0 aromatic heterocycles. The average molecular weight is 208 g/mol. The van der Waals surface area contributed by atoms with Gasteiger partial charge in [-0.05, 0) is 22.7 Å². The number of rotatable bonds is 0. The third-order valence-corrected chi connectivity index (χ3v) is 3.90.